The van der Waals surface area contributed by atoms with E-state index in [-0.39, 0.29) is 6.10 Å². The second kappa shape index (κ2) is 7.42. The van der Waals surface area contributed by atoms with E-state index in [0.29, 0.717) is 0 Å². The lowest BCUT2D eigenvalue weighted by Gasteiger charge is -2.22. The molecule has 16 heavy (non-hydrogen) atoms. The summed E-state index contributed by atoms with van der Waals surface area (Å²) < 4.78 is 0. The van der Waals surface area contributed by atoms with Crippen LogP contribution < -0.4 is 0 Å². The summed E-state index contributed by atoms with van der Waals surface area (Å²) in [6, 6.07) is 10.5. The first-order chi connectivity index (χ1) is 7.76. The lowest BCUT2D eigenvalue weighted by atomic mass is 10.1. The van der Waals surface area contributed by atoms with Crippen molar-refractivity contribution in [3.8, 4) is 0 Å². The number of hydrogen-bond donors (Lipinski definition) is 1. The van der Waals surface area contributed by atoms with E-state index in [2.05, 4.69) is 36.1 Å². The molecule has 1 atom stereocenters. The van der Waals surface area contributed by atoms with E-state index >= 15 is 0 Å². The van der Waals surface area contributed by atoms with Crippen molar-refractivity contribution < 1.29 is 5.11 Å². The molecule has 0 saturated carbocycles. The fourth-order valence-corrected chi connectivity index (χ4v) is 1.74. The van der Waals surface area contributed by atoms with Crippen LogP contribution in [-0.2, 0) is 6.42 Å². The minimum absolute atomic E-state index is 0.185. The number of hydrogen-bond acceptors (Lipinski definition) is 2. The maximum atomic E-state index is 9.61. The average Bonchev–Trinajstić information content (AvgIpc) is 2.35. The van der Waals surface area contributed by atoms with E-state index in [9.17, 15) is 5.11 Å². The molecule has 0 saturated heterocycles. The molecule has 1 N–H and O–H groups in total. The molecular formula is C14H23NO. The Morgan fingerprint density at radius 3 is 2.44 bits per heavy atom. The molecule has 2 heteroatoms. The standard InChI is InChI=1S/C14H23NO/c1-3-14(16)12-15(4-2)11-10-13-8-6-5-7-9-13/h5-9,14,16H,3-4,10-12H2,1-2H3. The van der Waals surface area contributed by atoms with Crippen LogP contribution in [0.5, 0.6) is 0 Å². The van der Waals surface area contributed by atoms with Crippen LogP contribution in [0.2, 0.25) is 0 Å². The van der Waals surface area contributed by atoms with E-state index in [1.165, 1.54) is 5.56 Å². The Morgan fingerprint density at radius 1 is 1.19 bits per heavy atom. The second-order valence-corrected chi connectivity index (χ2v) is 4.19. The zero-order chi connectivity index (χ0) is 11.8. The van der Waals surface area contributed by atoms with Gasteiger partial charge < -0.3 is 10.0 Å². The maximum Gasteiger partial charge on any atom is 0.0664 e. The van der Waals surface area contributed by atoms with Gasteiger partial charge in [-0.25, -0.2) is 0 Å². The van der Waals surface area contributed by atoms with Gasteiger partial charge in [0.05, 0.1) is 6.10 Å². The molecule has 0 amide bonds. The Bertz CT molecular complexity index is 273. The van der Waals surface area contributed by atoms with Gasteiger partial charge in [0.25, 0.3) is 0 Å². The van der Waals surface area contributed by atoms with Crippen LogP contribution in [-0.4, -0.2) is 35.7 Å². The summed E-state index contributed by atoms with van der Waals surface area (Å²) in [4.78, 5) is 2.31. The van der Waals surface area contributed by atoms with Crippen molar-refractivity contribution in [2.45, 2.75) is 32.8 Å². The number of nitrogens with zero attached hydrogens (tertiary/aromatic N) is 1. The lowest BCUT2D eigenvalue weighted by molar-refractivity contribution is 0.112. The van der Waals surface area contributed by atoms with Crippen molar-refractivity contribution in [3.63, 3.8) is 0 Å². The smallest absolute Gasteiger partial charge is 0.0664 e. The fraction of sp³-hybridized carbons (Fsp3) is 0.571. The Kier molecular flexibility index (Phi) is 6.12. The van der Waals surface area contributed by atoms with Gasteiger partial charge in [0.1, 0.15) is 0 Å². The van der Waals surface area contributed by atoms with Crippen molar-refractivity contribution in [2.75, 3.05) is 19.6 Å². The highest BCUT2D eigenvalue weighted by molar-refractivity contribution is 5.14. The maximum absolute atomic E-state index is 9.61. The van der Waals surface area contributed by atoms with E-state index < -0.39 is 0 Å². The van der Waals surface area contributed by atoms with Crippen molar-refractivity contribution in [3.05, 3.63) is 35.9 Å². The van der Waals surface area contributed by atoms with E-state index in [0.717, 1.165) is 32.5 Å². The van der Waals surface area contributed by atoms with E-state index in [4.69, 9.17) is 0 Å². The summed E-state index contributed by atoms with van der Waals surface area (Å²) in [5.74, 6) is 0. The van der Waals surface area contributed by atoms with Crippen LogP contribution >= 0.6 is 0 Å². The SMILES string of the molecule is CCC(O)CN(CC)CCc1ccccc1. The molecule has 0 fully saturated rings. The summed E-state index contributed by atoms with van der Waals surface area (Å²) in [6.07, 6.45) is 1.71. The molecule has 0 bridgehead atoms. The molecule has 0 heterocycles. The summed E-state index contributed by atoms with van der Waals surface area (Å²) in [5.41, 5.74) is 1.37. The van der Waals surface area contributed by atoms with Crippen molar-refractivity contribution >= 4 is 0 Å². The summed E-state index contributed by atoms with van der Waals surface area (Å²) in [5, 5.41) is 9.61. The normalized spacial score (nSPS) is 13.0. The van der Waals surface area contributed by atoms with Crippen LogP contribution in [0.4, 0.5) is 0 Å². The third-order valence-electron chi connectivity index (χ3n) is 2.95. The van der Waals surface area contributed by atoms with Crippen LogP contribution in [0, 0.1) is 0 Å². The van der Waals surface area contributed by atoms with Crippen molar-refractivity contribution in [1.82, 2.24) is 4.90 Å². The quantitative estimate of drug-likeness (QED) is 0.764. The number of aliphatic hydroxyl groups is 1. The van der Waals surface area contributed by atoms with Gasteiger partial charge in [-0.3, -0.25) is 0 Å². The van der Waals surface area contributed by atoms with Gasteiger partial charge in [0.15, 0.2) is 0 Å². The van der Waals surface area contributed by atoms with E-state index in [1.807, 2.05) is 13.0 Å². The predicted octanol–water partition coefficient (Wildman–Crippen LogP) is 2.32. The topological polar surface area (TPSA) is 23.5 Å². The van der Waals surface area contributed by atoms with Crippen LogP contribution in [0.25, 0.3) is 0 Å². The molecule has 0 aliphatic rings. The van der Waals surface area contributed by atoms with E-state index in [1.54, 1.807) is 0 Å². The number of rotatable bonds is 7. The minimum Gasteiger partial charge on any atom is -0.392 e. The second-order valence-electron chi connectivity index (χ2n) is 4.19. The first-order valence-electron chi connectivity index (χ1n) is 6.20. The first kappa shape index (κ1) is 13.2. The zero-order valence-electron chi connectivity index (χ0n) is 10.4. The van der Waals surface area contributed by atoms with Crippen LogP contribution in [0.15, 0.2) is 30.3 Å². The van der Waals surface area contributed by atoms with Crippen LogP contribution in [0.1, 0.15) is 25.8 Å². The molecular weight excluding hydrogens is 198 g/mol. The highest BCUT2D eigenvalue weighted by Gasteiger charge is 2.08. The van der Waals surface area contributed by atoms with Gasteiger partial charge in [-0.15, -0.1) is 0 Å². The largest absolute Gasteiger partial charge is 0.392 e. The molecule has 0 aromatic heterocycles. The van der Waals surface area contributed by atoms with Crippen molar-refractivity contribution in [1.29, 1.82) is 0 Å². The number of aliphatic hydroxyl groups excluding tert-OH is 1. The average molecular weight is 221 g/mol. The number of likely N-dealkylation sites (N-methyl/N-ethyl adjacent to an activating group) is 1. The number of benzene rings is 1. The third kappa shape index (κ3) is 4.77. The minimum atomic E-state index is -0.185. The Hall–Kier alpha value is -0.860. The predicted molar refractivity (Wildman–Crippen MR) is 68.6 cm³/mol. The molecule has 1 aromatic carbocycles. The van der Waals surface area contributed by atoms with Crippen LogP contribution in [0.3, 0.4) is 0 Å². The Morgan fingerprint density at radius 2 is 1.88 bits per heavy atom. The summed E-state index contributed by atoms with van der Waals surface area (Å²) in [7, 11) is 0. The molecule has 0 aliphatic heterocycles. The molecule has 1 unspecified atom stereocenters. The molecule has 0 radical (unpaired) electrons. The van der Waals surface area contributed by atoms with Gasteiger partial charge in [0, 0.05) is 13.1 Å². The van der Waals surface area contributed by atoms with Gasteiger partial charge in [-0.2, -0.15) is 0 Å². The highest BCUT2D eigenvalue weighted by Crippen LogP contribution is 2.03. The van der Waals surface area contributed by atoms with Gasteiger partial charge in [-0.05, 0) is 24.9 Å². The molecule has 1 rings (SSSR count). The zero-order valence-corrected chi connectivity index (χ0v) is 10.4. The molecule has 1 aromatic rings. The van der Waals surface area contributed by atoms with Gasteiger partial charge in [-0.1, -0.05) is 44.2 Å². The Labute approximate surface area is 98.9 Å². The van der Waals surface area contributed by atoms with Crippen molar-refractivity contribution in [2.24, 2.45) is 0 Å². The molecule has 0 aliphatic carbocycles. The first-order valence-corrected chi connectivity index (χ1v) is 6.20. The molecule has 0 spiro atoms. The lowest BCUT2D eigenvalue weighted by Crippen LogP contribution is -2.33. The monoisotopic (exact) mass is 221 g/mol. The molecule has 90 valence electrons. The fourth-order valence-electron chi connectivity index (χ4n) is 1.74. The van der Waals surface area contributed by atoms with Gasteiger partial charge >= 0.3 is 0 Å². The van der Waals surface area contributed by atoms with Gasteiger partial charge in [0.2, 0.25) is 0 Å². The molecule has 2 nitrogen and oxygen atoms in total. The summed E-state index contributed by atoms with van der Waals surface area (Å²) >= 11 is 0. The Balaban J connectivity index is 2.34. The third-order valence-corrected chi connectivity index (χ3v) is 2.95. The summed E-state index contributed by atoms with van der Waals surface area (Å²) in [6.45, 7) is 6.99. The highest BCUT2D eigenvalue weighted by atomic mass is 16.3.